The van der Waals surface area contributed by atoms with Crippen LogP contribution in [0.1, 0.15) is 5.69 Å². The van der Waals surface area contributed by atoms with Crippen molar-refractivity contribution in [3.8, 4) is 0 Å². The molecule has 0 saturated carbocycles. The number of aryl methyl sites for hydroxylation is 1. The molecule has 0 fully saturated rings. The van der Waals surface area contributed by atoms with E-state index in [1.165, 1.54) is 6.33 Å². The quantitative estimate of drug-likeness (QED) is 0.464. The van der Waals surface area contributed by atoms with Gasteiger partial charge >= 0.3 is 0 Å². The summed E-state index contributed by atoms with van der Waals surface area (Å²) in [4.78, 5) is 7.69. The maximum absolute atomic E-state index is 5.08. The van der Waals surface area contributed by atoms with E-state index in [0.29, 0.717) is 5.82 Å². The molecule has 0 atom stereocenters. The second-order valence-electron chi connectivity index (χ2n) is 1.69. The highest BCUT2D eigenvalue weighted by Crippen LogP contribution is 1.98. The van der Waals surface area contributed by atoms with E-state index >= 15 is 0 Å². The highest BCUT2D eigenvalue weighted by Gasteiger charge is 1.87. The van der Waals surface area contributed by atoms with Crippen LogP contribution in [0.2, 0.25) is 0 Å². The van der Waals surface area contributed by atoms with Gasteiger partial charge in [-0.2, -0.15) is 0 Å². The van der Waals surface area contributed by atoms with Gasteiger partial charge in [0.1, 0.15) is 12.1 Å². The van der Waals surface area contributed by atoms with Crippen LogP contribution in [-0.4, -0.2) is 9.97 Å². The lowest BCUT2D eigenvalue weighted by Crippen LogP contribution is -2.08. The molecule has 0 saturated heterocycles. The van der Waals surface area contributed by atoms with Crippen molar-refractivity contribution >= 4 is 18.2 Å². The Hall–Kier alpha value is -0.870. The molecule has 0 spiro atoms. The van der Waals surface area contributed by atoms with Crippen LogP contribution in [0.5, 0.6) is 0 Å². The molecule has 0 aliphatic heterocycles. The average Bonchev–Trinajstić information content (AvgIpc) is 1.88. The van der Waals surface area contributed by atoms with Gasteiger partial charge in [0.05, 0.1) is 0 Å². The molecule has 1 aromatic heterocycles. The zero-order valence-corrected chi connectivity index (χ0v) is 6.35. The van der Waals surface area contributed by atoms with Gasteiger partial charge < -0.3 is 5.43 Å². The van der Waals surface area contributed by atoms with Crippen molar-refractivity contribution in [2.45, 2.75) is 6.92 Å². The van der Waals surface area contributed by atoms with Gasteiger partial charge in [-0.25, -0.2) is 15.8 Å². The van der Waals surface area contributed by atoms with Crippen LogP contribution in [0.4, 0.5) is 5.82 Å². The summed E-state index contributed by atoms with van der Waals surface area (Å²) in [6.07, 6.45) is 1.46. The van der Waals surface area contributed by atoms with Crippen LogP contribution in [0.3, 0.4) is 0 Å². The molecule has 0 amide bonds. The van der Waals surface area contributed by atoms with Crippen LogP contribution in [0.25, 0.3) is 0 Å². The minimum absolute atomic E-state index is 0. The molecule has 3 N–H and O–H groups in total. The van der Waals surface area contributed by atoms with E-state index in [-0.39, 0.29) is 12.4 Å². The molecule has 0 radical (unpaired) electrons. The molecule has 0 aliphatic rings. The largest absolute Gasteiger partial charge is 0.308 e. The molecule has 1 aromatic rings. The summed E-state index contributed by atoms with van der Waals surface area (Å²) < 4.78 is 0. The number of hydrazine groups is 1. The van der Waals surface area contributed by atoms with Gasteiger partial charge in [-0.3, -0.25) is 0 Å². The van der Waals surface area contributed by atoms with Crippen molar-refractivity contribution in [3.63, 3.8) is 0 Å². The summed E-state index contributed by atoms with van der Waals surface area (Å²) in [6.45, 7) is 1.88. The van der Waals surface area contributed by atoms with Crippen molar-refractivity contribution < 1.29 is 0 Å². The lowest BCUT2D eigenvalue weighted by molar-refractivity contribution is 1.09. The van der Waals surface area contributed by atoms with Crippen molar-refractivity contribution in [2.75, 3.05) is 5.43 Å². The van der Waals surface area contributed by atoms with Gasteiger partial charge in [0.2, 0.25) is 0 Å². The topological polar surface area (TPSA) is 63.8 Å². The van der Waals surface area contributed by atoms with Crippen molar-refractivity contribution in [1.82, 2.24) is 9.97 Å². The Morgan fingerprint density at radius 1 is 1.50 bits per heavy atom. The fourth-order valence-corrected chi connectivity index (χ4v) is 0.533. The first-order valence-electron chi connectivity index (χ1n) is 2.58. The zero-order valence-electron chi connectivity index (χ0n) is 5.53. The van der Waals surface area contributed by atoms with E-state index in [1.54, 1.807) is 6.07 Å². The molecule has 1 heterocycles. The van der Waals surface area contributed by atoms with Crippen molar-refractivity contribution in [3.05, 3.63) is 18.1 Å². The highest BCUT2D eigenvalue weighted by molar-refractivity contribution is 5.85. The molecule has 0 bridgehead atoms. The monoisotopic (exact) mass is 160 g/mol. The van der Waals surface area contributed by atoms with E-state index in [4.69, 9.17) is 5.84 Å². The smallest absolute Gasteiger partial charge is 0.143 e. The Morgan fingerprint density at radius 2 is 2.20 bits per heavy atom. The molecule has 0 unspecified atom stereocenters. The highest BCUT2D eigenvalue weighted by atomic mass is 35.5. The van der Waals surface area contributed by atoms with Crippen LogP contribution in [0.15, 0.2) is 12.4 Å². The summed E-state index contributed by atoms with van der Waals surface area (Å²) in [6, 6.07) is 1.76. The number of halogens is 1. The number of nitrogen functional groups attached to an aromatic ring is 1. The first kappa shape index (κ1) is 9.13. The number of hydrogen-bond acceptors (Lipinski definition) is 4. The third kappa shape index (κ3) is 2.16. The summed E-state index contributed by atoms with van der Waals surface area (Å²) >= 11 is 0. The van der Waals surface area contributed by atoms with E-state index in [2.05, 4.69) is 15.4 Å². The fraction of sp³-hybridized carbons (Fsp3) is 0.200. The second-order valence-corrected chi connectivity index (χ2v) is 1.69. The maximum Gasteiger partial charge on any atom is 0.143 e. The Bertz CT molecular complexity index is 203. The molecule has 0 aromatic carbocycles. The van der Waals surface area contributed by atoms with E-state index in [0.717, 1.165) is 5.69 Å². The van der Waals surface area contributed by atoms with Gasteiger partial charge in [-0.15, -0.1) is 12.4 Å². The van der Waals surface area contributed by atoms with Gasteiger partial charge in [0.15, 0.2) is 0 Å². The number of aromatic nitrogens is 2. The lowest BCUT2D eigenvalue weighted by atomic mass is 10.4. The van der Waals surface area contributed by atoms with Gasteiger partial charge in [-0.1, -0.05) is 0 Å². The van der Waals surface area contributed by atoms with Crippen LogP contribution in [-0.2, 0) is 0 Å². The molecule has 1 rings (SSSR count). The molecule has 4 nitrogen and oxygen atoms in total. The van der Waals surface area contributed by atoms with Crippen molar-refractivity contribution in [2.24, 2.45) is 5.84 Å². The zero-order chi connectivity index (χ0) is 6.69. The fourth-order valence-electron chi connectivity index (χ4n) is 0.533. The van der Waals surface area contributed by atoms with E-state index in [1.807, 2.05) is 6.92 Å². The summed E-state index contributed by atoms with van der Waals surface area (Å²) in [5.74, 6) is 5.72. The number of anilines is 1. The normalized spacial score (nSPS) is 8.20. The van der Waals surface area contributed by atoms with E-state index < -0.39 is 0 Å². The molecular formula is C5H9ClN4. The minimum atomic E-state index is 0. The number of hydrogen-bond donors (Lipinski definition) is 2. The van der Waals surface area contributed by atoms with Gasteiger partial charge in [0.25, 0.3) is 0 Å². The Balaban J connectivity index is 0.000000810. The van der Waals surface area contributed by atoms with Gasteiger partial charge in [0, 0.05) is 11.8 Å². The molecule has 5 heteroatoms. The number of rotatable bonds is 1. The summed E-state index contributed by atoms with van der Waals surface area (Å²) in [7, 11) is 0. The Labute approximate surface area is 65.2 Å². The summed E-state index contributed by atoms with van der Waals surface area (Å²) in [5, 5.41) is 0. The molecule has 56 valence electrons. The summed E-state index contributed by atoms with van der Waals surface area (Å²) in [5.41, 5.74) is 3.32. The number of nitrogens with one attached hydrogen (secondary N) is 1. The van der Waals surface area contributed by atoms with Crippen molar-refractivity contribution in [1.29, 1.82) is 0 Å². The third-order valence-electron chi connectivity index (χ3n) is 0.952. The third-order valence-corrected chi connectivity index (χ3v) is 0.952. The Kier molecular flexibility index (Phi) is 3.68. The van der Waals surface area contributed by atoms with E-state index in [9.17, 15) is 0 Å². The van der Waals surface area contributed by atoms with Crippen LogP contribution >= 0.6 is 12.4 Å². The lowest BCUT2D eigenvalue weighted by Gasteiger charge is -1.96. The molecular weight excluding hydrogens is 152 g/mol. The SMILES string of the molecule is Cc1cc(NN)ncn1.Cl. The number of nitrogens with two attached hydrogens (primary N) is 1. The predicted octanol–water partition coefficient (Wildman–Crippen LogP) is 0.492. The maximum atomic E-state index is 5.08. The standard InChI is InChI=1S/C5H8N4.ClH/c1-4-2-5(9-6)8-3-7-4;/h2-3H,6H2,1H3,(H,7,8,9);1H. The molecule has 0 aliphatic carbocycles. The predicted molar refractivity (Wildman–Crippen MR) is 41.8 cm³/mol. The van der Waals surface area contributed by atoms with Crippen LogP contribution in [0, 0.1) is 6.92 Å². The molecule has 10 heavy (non-hydrogen) atoms. The minimum Gasteiger partial charge on any atom is -0.308 e. The second kappa shape index (κ2) is 4.03. The van der Waals surface area contributed by atoms with Crippen LogP contribution < -0.4 is 11.3 Å². The Morgan fingerprint density at radius 3 is 2.60 bits per heavy atom. The average molecular weight is 161 g/mol. The number of nitrogens with zero attached hydrogens (tertiary/aromatic N) is 2. The first-order valence-corrected chi connectivity index (χ1v) is 2.58. The first-order chi connectivity index (χ1) is 4.33. The van der Waals surface area contributed by atoms with Gasteiger partial charge in [-0.05, 0) is 6.92 Å².